The number of hydrogen-bond donors (Lipinski definition) is 1. The number of nitro groups is 1. The van der Waals surface area contributed by atoms with Gasteiger partial charge in [0.25, 0.3) is 11.6 Å². The maximum atomic E-state index is 13.3. The Hall–Kier alpha value is -2.42. The van der Waals surface area contributed by atoms with Gasteiger partial charge in [-0.25, -0.2) is 8.78 Å². The minimum atomic E-state index is -1.33. The van der Waals surface area contributed by atoms with Crippen molar-refractivity contribution in [2.24, 2.45) is 5.73 Å². The van der Waals surface area contributed by atoms with Crippen LogP contribution in [0.15, 0.2) is 16.7 Å². The molecule has 0 fully saturated rings. The van der Waals surface area contributed by atoms with Crippen LogP contribution in [0.1, 0.15) is 26.1 Å². The van der Waals surface area contributed by atoms with Gasteiger partial charge >= 0.3 is 0 Å². The Bertz CT molecular complexity index is 700. The lowest BCUT2D eigenvalue weighted by molar-refractivity contribution is -0.384. The monoisotopic (exact) mass is 298 g/mol. The zero-order valence-electron chi connectivity index (χ0n) is 11.3. The molecule has 1 aromatic carbocycles. The molecule has 1 heterocycles. The minimum absolute atomic E-state index is 0.124. The maximum Gasteiger partial charge on any atom is 0.285 e. The number of aromatic nitrogens is 2. The van der Waals surface area contributed by atoms with Crippen LogP contribution < -0.4 is 5.73 Å². The van der Waals surface area contributed by atoms with E-state index in [4.69, 9.17) is 10.3 Å². The molecule has 9 heteroatoms. The van der Waals surface area contributed by atoms with Crippen molar-refractivity contribution in [3.63, 3.8) is 0 Å². The number of nitrogens with two attached hydrogens (primary N) is 1. The maximum absolute atomic E-state index is 13.3. The van der Waals surface area contributed by atoms with E-state index < -0.39 is 27.8 Å². The Balaban J connectivity index is 2.57. The van der Waals surface area contributed by atoms with Crippen molar-refractivity contribution < 1.29 is 18.2 Å². The summed E-state index contributed by atoms with van der Waals surface area (Å²) in [6, 6.07) is 1.11. The molecule has 1 aromatic heterocycles. The van der Waals surface area contributed by atoms with Crippen molar-refractivity contribution in [1.82, 2.24) is 10.1 Å². The predicted octanol–water partition coefficient (Wildman–Crippen LogP) is 2.51. The fourth-order valence-corrected chi connectivity index (χ4v) is 1.58. The number of halogens is 2. The van der Waals surface area contributed by atoms with E-state index in [1.165, 1.54) is 0 Å². The second-order valence-electron chi connectivity index (χ2n) is 4.73. The molecule has 0 aliphatic rings. The molecular weight excluding hydrogens is 286 g/mol. The summed E-state index contributed by atoms with van der Waals surface area (Å²) in [4.78, 5) is 14.0. The van der Waals surface area contributed by atoms with Gasteiger partial charge in [-0.15, -0.1) is 0 Å². The highest BCUT2D eigenvalue weighted by Crippen LogP contribution is 2.32. The van der Waals surface area contributed by atoms with Crippen LogP contribution in [0, 0.1) is 21.7 Å². The Kier molecular flexibility index (Phi) is 3.69. The fourth-order valence-electron chi connectivity index (χ4n) is 1.58. The Morgan fingerprint density at radius 3 is 2.62 bits per heavy atom. The smallest absolute Gasteiger partial charge is 0.285 e. The molecule has 2 aromatic rings. The molecule has 1 atom stereocenters. The van der Waals surface area contributed by atoms with E-state index in [0.29, 0.717) is 18.6 Å². The molecule has 0 aliphatic carbocycles. The third kappa shape index (κ3) is 2.72. The molecule has 0 saturated heterocycles. The number of hydrogen-bond acceptors (Lipinski definition) is 6. The van der Waals surface area contributed by atoms with Gasteiger partial charge in [0.2, 0.25) is 0 Å². The Morgan fingerprint density at radius 2 is 2.05 bits per heavy atom. The SMILES string of the molecule is CCC(C)(N)c1noc(-c2cc(F)c(F)cc2[N+](=O)[O-])n1. The summed E-state index contributed by atoms with van der Waals surface area (Å²) >= 11 is 0. The van der Waals surface area contributed by atoms with Gasteiger partial charge in [0, 0.05) is 0 Å². The highest BCUT2D eigenvalue weighted by molar-refractivity contribution is 5.66. The molecule has 1 unspecified atom stereocenters. The highest BCUT2D eigenvalue weighted by atomic mass is 19.2. The first-order chi connectivity index (χ1) is 9.76. The fraction of sp³-hybridized carbons (Fsp3) is 0.333. The number of nitrogens with zero attached hydrogens (tertiary/aromatic N) is 3. The number of benzene rings is 1. The van der Waals surface area contributed by atoms with Crippen LogP contribution >= 0.6 is 0 Å². The largest absolute Gasteiger partial charge is 0.334 e. The first-order valence-electron chi connectivity index (χ1n) is 6.03. The van der Waals surface area contributed by atoms with Crippen molar-refractivity contribution in [1.29, 1.82) is 0 Å². The van der Waals surface area contributed by atoms with Gasteiger partial charge < -0.3 is 10.3 Å². The molecular formula is C12H12F2N4O3. The molecule has 2 N–H and O–H groups in total. The van der Waals surface area contributed by atoms with Crippen LogP contribution in [0.2, 0.25) is 0 Å². The lowest BCUT2D eigenvalue weighted by Crippen LogP contribution is -2.33. The van der Waals surface area contributed by atoms with Gasteiger partial charge in [-0.2, -0.15) is 4.98 Å². The second-order valence-corrected chi connectivity index (χ2v) is 4.73. The summed E-state index contributed by atoms with van der Waals surface area (Å²) in [5.41, 5.74) is 4.07. The Labute approximate surface area is 117 Å². The van der Waals surface area contributed by atoms with Crippen LogP contribution in [-0.2, 0) is 5.54 Å². The number of rotatable bonds is 4. The molecule has 2 rings (SSSR count). The molecule has 21 heavy (non-hydrogen) atoms. The topological polar surface area (TPSA) is 108 Å². The lowest BCUT2D eigenvalue weighted by atomic mass is 10.00. The second kappa shape index (κ2) is 5.17. The van der Waals surface area contributed by atoms with E-state index in [1.807, 2.05) is 0 Å². The van der Waals surface area contributed by atoms with Crippen LogP contribution in [0.25, 0.3) is 11.5 Å². The summed E-state index contributed by atoms with van der Waals surface area (Å²) in [6.07, 6.45) is 0.492. The van der Waals surface area contributed by atoms with Crippen molar-refractivity contribution in [2.75, 3.05) is 0 Å². The van der Waals surface area contributed by atoms with E-state index in [-0.39, 0.29) is 17.3 Å². The van der Waals surface area contributed by atoms with E-state index >= 15 is 0 Å². The standard InChI is InChI=1S/C12H12F2N4O3/c1-3-12(2,15)11-16-10(21-17-11)6-4-7(13)8(14)5-9(6)18(19)20/h4-5H,3,15H2,1-2H3. The summed E-state index contributed by atoms with van der Waals surface area (Å²) < 4.78 is 31.3. The van der Waals surface area contributed by atoms with Gasteiger partial charge in [-0.05, 0) is 19.4 Å². The van der Waals surface area contributed by atoms with E-state index in [0.717, 1.165) is 0 Å². The molecule has 0 spiro atoms. The first-order valence-corrected chi connectivity index (χ1v) is 6.03. The van der Waals surface area contributed by atoms with Crippen LogP contribution in [-0.4, -0.2) is 15.1 Å². The zero-order valence-corrected chi connectivity index (χ0v) is 11.3. The predicted molar refractivity (Wildman–Crippen MR) is 68.1 cm³/mol. The summed E-state index contributed by atoms with van der Waals surface area (Å²) in [7, 11) is 0. The summed E-state index contributed by atoms with van der Waals surface area (Å²) in [5.74, 6) is -2.75. The van der Waals surface area contributed by atoms with Gasteiger partial charge in [0.15, 0.2) is 17.5 Å². The highest BCUT2D eigenvalue weighted by Gasteiger charge is 2.29. The molecule has 0 radical (unpaired) electrons. The lowest BCUT2D eigenvalue weighted by Gasteiger charge is -2.16. The van der Waals surface area contributed by atoms with Crippen molar-refractivity contribution in [3.05, 3.63) is 39.7 Å². The average Bonchev–Trinajstić information content (AvgIpc) is 2.91. The molecule has 0 amide bonds. The van der Waals surface area contributed by atoms with Crippen LogP contribution in [0.5, 0.6) is 0 Å². The normalized spacial score (nSPS) is 14.0. The third-order valence-corrected chi connectivity index (χ3v) is 3.14. The van der Waals surface area contributed by atoms with Gasteiger partial charge in [0.05, 0.1) is 16.5 Å². The van der Waals surface area contributed by atoms with Gasteiger partial charge in [-0.1, -0.05) is 12.1 Å². The third-order valence-electron chi connectivity index (χ3n) is 3.14. The van der Waals surface area contributed by atoms with E-state index in [2.05, 4.69) is 10.1 Å². The Morgan fingerprint density at radius 1 is 1.43 bits per heavy atom. The quantitative estimate of drug-likeness (QED) is 0.686. The number of nitro benzene ring substituents is 1. The average molecular weight is 298 g/mol. The summed E-state index contributed by atoms with van der Waals surface area (Å²) in [6.45, 7) is 3.46. The molecule has 0 aliphatic heterocycles. The van der Waals surface area contributed by atoms with E-state index in [1.54, 1.807) is 13.8 Å². The van der Waals surface area contributed by atoms with Gasteiger partial charge in [-0.3, -0.25) is 10.1 Å². The van der Waals surface area contributed by atoms with Crippen molar-refractivity contribution >= 4 is 5.69 Å². The summed E-state index contributed by atoms with van der Waals surface area (Å²) in [5, 5.41) is 14.6. The molecule has 0 bridgehead atoms. The van der Waals surface area contributed by atoms with Crippen molar-refractivity contribution in [2.45, 2.75) is 25.8 Å². The van der Waals surface area contributed by atoms with Crippen LogP contribution in [0.3, 0.4) is 0 Å². The van der Waals surface area contributed by atoms with Crippen LogP contribution in [0.4, 0.5) is 14.5 Å². The van der Waals surface area contributed by atoms with Crippen molar-refractivity contribution in [3.8, 4) is 11.5 Å². The molecule has 7 nitrogen and oxygen atoms in total. The first kappa shape index (κ1) is 15.0. The zero-order chi connectivity index (χ0) is 15.8. The molecule has 0 saturated carbocycles. The van der Waals surface area contributed by atoms with E-state index in [9.17, 15) is 18.9 Å². The van der Waals surface area contributed by atoms with Gasteiger partial charge in [0.1, 0.15) is 5.56 Å². The molecule has 112 valence electrons. The minimum Gasteiger partial charge on any atom is -0.334 e.